The average molecular weight is 413 g/mol. The zero-order valence-corrected chi connectivity index (χ0v) is 17.2. The van der Waals surface area contributed by atoms with Crippen molar-refractivity contribution in [1.29, 1.82) is 0 Å². The summed E-state index contributed by atoms with van der Waals surface area (Å²) in [6.45, 7) is 1.18. The molecule has 31 heavy (non-hydrogen) atoms. The lowest BCUT2D eigenvalue weighted by atomic mass is 10.1. The number of nitrogens with zero attached hydrogens (tertiary/aromatic N) is 3. The van der Waals surface area contributed by atoms with Gasteiger partial charge in [-0.3, -0.25) is 14.2 Å². The van der Waals surface area contributed by atoms with Crippen LogP contribution in [-0.4, -0.2) is 29.3 Å². The number of anilines is 1. The monoisotopic (exact) mass is 413 g/mol. The van der Waals surface area contributed by atoms with E-state index in [2.05, 4.69) is 23.1 Å². The predicted octanol–water partition coefficient (Wildman–Crippen LogP) is 5.07. The summed E-state index contributed by atoms with van der Waals surface area (Å²) < 4.78 is 15.0. The second-order valence-electron chi connectivity index (χ2n) is 8.86. The number of alkyl halides is 1. The first-order chi connectivity index (χ1) is 15.2. The quantitative estimate of drug-likeness (QED) is 0.469. The molecule has 5 heteroatoms. The number of benzene rings is 2. The molecule has 3 heterocycles. The molecule has 4 nitrogen and oxygen atoms in total. The van der Waals surface area contributed by atoms with Crippen molar-refractivity contribution >= 4 is 27.4 Å². The summed E-state index contributed by atoms with van der Waals surface area (Å²) in [7, 11) is 0. The van der Waals surface area contributed by atoms with Gasteiger partial charge in [0, 0.05) is 48.2 Å². The van der Waals surface area contributed by atoms with Crippen molar-refractivity contribution in [2.45, 2.75) is 24.8 Å². The summed E-state index contributed by atoms with van der Waals surface area (Å²) in [6, 6.07) is 20.5. The molecule has 0 amide bonds. The number of para-hydroxylation sites is 1. The summed E-state index contributed by atoms with van der Waals surface area (Å²) in [5.41, 5.74) is 3.03. The lowest BCUT2D eigenvalue weighted by Crippen LogP contribution is -2.25. The zero-order chi connectivity index (χ0) is 20.9. The van der Waals surface area contributed by atoms with Crippen LogP contribution in [0.15, 0.2) is 71.7 Å². The van der Waals surface area contributed by atoms with Crippen LogP contribution < -0.4 is 10.5 Å². The molecule has 2 aliphatic rings. The van der Waals surface area contributed by atoms with Crippen LogP contribution in [-0.2, 0) is 0 Å². The van der Waals surface area contributed by atoms with Gasteiger partial charge < -0.3 is 9.47 Å². The van der Waals surface area contributed by atoms with Crippen LogP contribution >= 0.6 is 0 Å². The van der Waals surface area contributed by atoms with E-state index in [0.717, 1.165) is 52.4 Å². The smallest absolute Gasteiger partial charge is 0.260 e. The molecule has 6 rings (SSSR count). The van der Waals surface area contributed by atoms with Crippen LogP contribution in [0.4, 0.5) is 10.1 Å². The molecule has 1 unspecified atom stereocenters. The van der Waals surface area contributed by atoms with Gasteiger partial charge in [-0.05, 0) is 42.5 Å². The second kappa shape index (κ2) is 7.19. The molecular formula is C26H24FN3O. The standard InChI is InChI=1S/C26H24FN3O/c27-15-17-10-12-29(16-17)23-7-3-5-19-11-13-30(26(31)25(19)23)24-14-20(24)22-9-8-18-4-1-2-6-21(18)28-22/h1-9,11,13,17,20,24H,10,12,14-16H2/t17?,20-,24-/m1/s1. The molecular weight excluding hydrogens is 389 g/mol. The Morgan fingerprint density at radius 3 is 2.74 bits per heavy atom. The number of aromatic nitrogens is 2. The minimum absolute atomic E-state index is 0.0464. The third-order valence-corrected chi connectivity index (χ3v) is 6.90. The first-order valence-electron chi connectivity index (χ1n) is 11.0. The van der Waals surface area contributed by atoms with Crippen molar-refractivity contribution in [3.05, 3.63) is 82.9 Å². The highest BCUT2D eigenvalue weighted by Gasteiger charge is 2.42. The van der Waals surface area contributed by atoms with E-state index in [1.165, 1.54) is 0 Å². The van der Waals surface area contributed by atoms with Crippen molar-refractivity contribution in [1.82, 2.24) is 9.55 Å². The van der Waals surface area contributed by atoms with Gasteiger partial charge in [0.2, 0.25) is 0 Å². The normalized spacial score (nSPS) is 23.0. The summed E-state index contributed by atoms with van der Waals surface area (Å²) >= 11 is 0. The van der Waals surface area contributed by atoms with Gasteiger partial charge in [-0.2, -0.15) is 0 Å². The van der Waals surface area contributed by atoms with Crippen LogP contribution in [0.1, 0.15) is 30.5 Å². The fourth-order valence-electron chi connectivity index (χ4n) is 5.08. The van der Waals surface area contributed by atoms with Gasteiger partial charge >= 0.3 is 0 Å². The first-order valence-corrected chi connectivity index (χ1v) is 11.0. The number of halogens is 1. The largest absolute Gasteiger partial charge is 0.370 e. The molecule has 2 fully saturated rings. The molecule has 0 bridgehead atoms. The molecule has 0 spiro atoms. The average Bonchev–Trinajstić information content (AvgIpc) is 3.45. The molecule has 4 aromatic rings. The molecule has 1 saturated heterocycles. The molecule has 156 valence electrons. The minimum Gasteiger partial charge on any atom is -0.370 e. The van der Waals surface area contributed by atoms with Gasteiger partial charge in [0.1, 0.15) is 0 Å². The maximum absolute atomic E-state index is 13.6. The van der Waals surface area contributed by atoms with Gasteiger partial charge in [-0.15, -0.1) is 0 Å². The highest BCUT2D eigenvalue weighted by molar-refractivity contribution is 5.93. The van der Waals surface area contributed by atoms with Gasteiger partial charge in [-0.1, -0.05) is 36.4 Å². The van der Waals surface area contributed by atoms with E-state index in [1.807, 2.05) is 53.2 Å². The van der Waals surface area contributed by atoms with E-state index in [4.69, 9.17) is 4.98 Å². The Balaban J connectivity index is 1.37. The topological polar surface area (TPSA) is 38.1 Å². The van der Waals surface area contributed by atoms with Crippen LogP contribution in [0.25, 0.3) is 21.7 Å². The van der Waals surface area contributed by atoms with E-state index in [1.54, 1.807) is 0 Å². The Hall–Kier alpha value is -3.21. The Morgan fingerprint density at radius 2 is 1.87 bits per heavy atom. The maximum Gasteiger partial charge on any atom is 0.260 e. The Morgan fingerprint density at radius 1 is 1.00 bits per heavy atom. The Kier molecular flexibility index (Phi) is 4.30. The fourth-order valence-corrected chi connectivity index (χ4v) is 5.08. The molecule has 1 saturated carbocycles. The highest BCUT2D eigenvalue weighted by atomic mass is 19.1. The van der Waals surface area contributed by atoms with Crippen molar-refractivity contribution in [3.8, 4) is 0 Å². The zero-order valence-electron chi connectivity index (χ0n) is 17.2. The lowest BCUT2D eigenvalue weighted by molar-refractivity contribution is 0.385. The van der Waals surface area contributed by atoms with Gasteiger partial charge in [0.25, 0.3) is 5.56 Å². The van der Waals surface area contributed by atoms with Gasteiger partial charge in [0.05, 0.1) is 23.3 Å². The van der Waals surface area contributed by atoms with E-state index < -0.39 is 0 Å². The molecule has 2 aromatic heterocycles. The van der Waals surface area contributed by atoms with Gasteiger partial charge in [0.15, 0.2) is 0 Å². The van der Waals surface area contributed by atoms with Crippen molar-refractivity contribution in [2.75, 3.05) is 24.7 Å². The highest BCUT2D eigenvalue weighted by Crippen LogP contribution is 2.50. The maximum atomic E-state index is 13.6. The summed E-state index contributed by atoms with van der Waals surface area (Å²) in [5, 5.41) is 2.83. The number of fused-ring (bicyclic) bond motifs is 2. The Bertz CT molecular complexity index is 1350. The fraction of sp³-hybridized carbons (Fsp3) is 0.308. The molecule has 1 aliphatic heterocycles. The molecule has 0 N–H and O–H groups in total. The van der Waals surface area contributed by atoms with Crippen LogP contribution in [0, 0.1) is 5.92 Å². The predicted molar refractivity (Wildman–Crippen MR) is 123 cm³/mol. The lowest BCUT2D eigenvalue weighted by Gasteiger charge is -2.20. The third kappa shape index (κ3) is 3.11. The number of hydrogen-bond acceptors (Lipinski definition) is 3. The third-order valence-electron chi connectivity index (χ3n) is 6.90. The van der Waals surface area contributed by atoms with Gasteiger partial charge in [-0.25, -0.2) is 0 Å². The molecule has 0 radical (unpaired) electrons. The summed E-state index contributed by atoms with van der Waals surface area (Å²) in [6.07, 6.45) is 3.69. The van der Waals surface area contributed by atoms with E-state index in [-0.39, 0.29) is 30.1 Å². The second-order valence-corrected chi connectivity index (χ2v) is 8.86. The SMILES string of the molecule is O=c1c2c(N3CCC(CF)C3)cccc2ccn1[C@@H]1C[C@@H]1c1ccc2ccccc2n1. The van der Waals surface area contributed by atoms with E-state index in [0.29, 0.717) is 6.54 Å². The first kappa shape index (κ1) is 18.6. The number of pyridine rings is 2. The molecule has 1 aliphatic carbocycles. The number of rotatable bonds is 4. The summed E-state index contributed by atoms with van der Waals surface area (Å²) in [4.78, 5) is 20.6. The molecule has 2 aromatic carbocycles. The van der Waals surface area contributed by atoms with Crippen molar-refractivity contribution in [3.63, 3.8) is 0 Å². The van der Waals surface area contributed by atoms with Crippen molar-refractivity contribution < 1.29 is 4.39 Å². The minimum atomic E-state index is -0.298. The number of hydrogen-bond donors (Lipinski definition) is 0. The summed E-state index contributed by atoms with van der Waals surface area (Å²) in [5.74, 6) is 0.322. The van der Waals surface area contributed by atoms with Crippen molar-refractivity contribution in [2.24, 2.45) is 5.92 Å². The van der Waals surface area contributed by atoms with Crippen LogP contribution in [0.2, 0.25) is 0 Å². The Labute approximate surface area is 179 Å². The van der Waals surface area contributed by atoms with E-state index in [9.17, 15) is 9.18 Å². The van der Waals surface area contributed by atoms with E-state index >= 15 is 0 Å². The van der Waals surface area contributed by atoms with Crippen LogP contribution in [0.5, 0.6) is 0 Å². The molecule has 3 atom stereocenters. The van der Waals surface area contributed by atoms with Crippen LogP contribution in [0.3, 0.4) is 0 Å².